The molecule has 1 aliphatic rings. The predicted octanol–water partition coefficient (Wildman–Crippen LogP) is 1.69. The number of piperazine rings is 1. The van der Waals surface area contributed by atoms with Crippen LogP contribution in [0.1, 0.15) is 5.56 Å². The largest absolute Gasteiger partial charge is 0.406 e. The molecule has 0 bridgehead atoms. The molecule has 3 rings (SSSR count). The van der Waals surface area contributed by atoms with Crippen molar-refractivity contribution in [2.24, 2.45) is 7.05 Å². The molecular formula is C16H21N5O2. The van der Waals surface area contributed by atoms with E-state index >= 15 is 0 Å². The standard InChI is InChI=1S/C16H21N5O2/c1-18-8-9-20(16-15(21(22)23)17-12-19(16)2)14(11-18)10-13-6-4-3-5-7-13/h3-7,12,14H,8-11H2,1-2H3. The van der Waals surface area contributed by atoms with Crippen molar-refractivity contribution in [3.8, 4) is 0 Å². The average molecular weight is 315 g/mol. The number of hydrogen-bond donors (Lipinski definition) is 0. The summed E-state index contributed by atoms with van der Waals surface area (Å²) in [5, 5.41) is 11.3. The Labute approximate surface area is 135 Å². The molecule has 7 heteroatoms. The SMILES string of the molecule is CN1CCN(c2c([N+](=O)[O-])ncn2C)C(Cc2ccccc2)C1. The molecule has 23 heavy (non-hydrogen) atoms. The first kappa shape index (κ1) is 15.5. The van der Waals surface area contributed by atoms with Gasteiger partial charge in [-0.25, -0.2) is 0 Å². The van der Waals surface area contributed by atoms with E-state index in [4.69, 9.17) is 0 Å². The maximum absolute atomic E-state index is 11.3. The normalized spacial score (nSPS) is 19.0. The molecule has 0 N–H and O–H groups in total. The van der Waals surface area contributed by atoms with Gasteiger partial charge in [-0.1, -0.05) is 30.3 Å². The second kappa shape index (κ2) is 6.37. The monoisotopic (exact) mass is 315 g/mol. The fraction of sp³-hybridized carbons (Fsp3) is 0.438. The minimum Gasteiger partial charge on any atom is -0.358 e. The summed E-state index contributed by atoms with van der Waals surface area (Å²) < 4.78 is 1.75. The summed E-state index contributed by atoms with van der Waals surface area (Å²) in [7, 11) is 3.90. The van der Waals surface area contributed by atoms with E-state index in [0.717, 1.165) is 26.1 Å². The van der Waals surface area contributed by atoms with E-state index in [1.54, 1.807) is 4.57 Å². The Morgan fingerprint density at radius 1 is 1.26 bits per heavy atom. The molecule has 0 aliphatic carbocycles. The Hall–Kier alpha value is -2.41. The Morgan fingerprint density at radius 3 is 2.70 bits per heavy atom. The van der Waals surface area contributed by atoms with Gasteiger partial charge in [0.15, 0.2) is 0 Å². The Kier molecular flexibility index (Phi) is 4.29. The zero-order valence-corrected chi connectivity index (χ0v) is 13.4. The van der Waals surface area contributed by atoms with Crippen LogP contribution in [0.3, 0.4) is 0 Å². The summed E-state index contributed by atoms with van der Waals surface area (Å²) in [5.74, 6) is 0.541. The molecule has 1 saturated heterocycles. The van der Waals surface area contributed by atoms with E-state index in [1.165, 1.54) is 11.9 Å². The van der Waals surface area contributed by atoms with Gasteiger partial charge in [0.2, 0.25) is 12.1 Å². The maximum atomic E-state index is 11.3. The number of rotatable bonds is 4. The number of imidazole rings is 1. The molecule has 1 unspecified atom stereocenters. The highest BCUT2D eigenvalue weighted by molar-refractivity contribution is 5.56. The smallest absolute Gasteiger partial charge is 0.358 e. The highest BCUT2D eigenvalue weighted by atomic mass is 16.6. The third-order valence-corrected chi connectivity index (χ3v) is 4.33. The van der Waals surface area contributed by atoms with Crippen molar-refractivity contribution in [2.75, 3.05) is 31.6 Å². The number of anilines is 1. The van der Waals surface area contributed by atoms with Gasteiger partial charge in [0.1, 0.15) is 0 Å². The van der Waals surface area contributed by atoms with Gasteiger partial charge in [-0.3, -0.25) is 4.57 Å². The Morgan fingerprint density at radius 2 is 2.00 bits per heavy atom. The molecule has 0 radical (unpaired) electrons. The number of aryl methyl sites for hydroxylation is 1. The molecule has 7 nitrogen and oxygen atoms in total. The zero-order valence-electron chi connectivity index (χ0n) is 13.4. The van der Waals surface area contributed by atoms with Crippen molar-refractivity contribution in [3.63, 3.8) is 0 Å². The highest BCUT2D eigenvalue weighted by Gasteiger charge is 2.33. The maximum Gasteiger partial charge on any atom is 0.406 e. The van der Waals surface area contributed by atoms with Crippen LogP contribution < -0.4 is 4.90 Å². The molecule has 1 atom stereocenters. The van der Waals surface area contributed by atoms with E-state index in [1.807, 2.05) is 25.2 Å². The summed E-state index contributed by atoms with van der Waals surface area (Å²) in [4.78, 5) is 19.3. The average Bonchev–Trinajstić information content (AvgIpc) is 2.90. The number of nitro groups is 1. The number of benzene rings is 1. The number of nitrogens with zero attached hydrogens (tertiary/aromatic N) is 5. The van der Waals surface area contributed by atoms with Crippen molar-refractivity contribution in [1.82, 2.24) is 14.5 Å². The molecule has 1 aromatic carbocycles. The molecule has 1 aromatic heterocycles. The first-order valence-corrected chi connectivity index (χ1v) is 7.71. The van der Waals surface area contributed by atoms with E-state index in [-0.39, 0.29) is 11.9 Å². The Bertz CT molecular complexity index is 685. The lowest BCUT2D eigenvalue weighted by Crippen LogP contribution is -2.53. The van der Waals surface area contributed by atoms with Crippen molar-refractivity contribution in [3.05, 3.63) is 52.3 Å². The van der Waals surface area contributed by atoms with Gasteiger partial charge in [-0.05, 0) is 28.9 Å². The third-order valence-electron chi connectivity index (χ3n) is 4.33. The van der Waals surface area contributed by atoms with E-state index < -0.39 is 4.92 Å². The number of aromatic nitrogens is 2. The minimum absolute atomic E-state index is 0.0601. The van der Waals surface area contributed by atoms with Gasteiger partial charge in [-0.15, -0.1) is 0 Å². The first-order valence-electron chi connectivity index (χ1n) is 7.71. The highest BCUT2D eigenvalue weighted by Crippen LogP contribution is 2.30. The number of likely N-dealkylation sites (N-methyl/N-ethyl adjacent to an activating group) is 1. The van der Waals surface area contributed by atoms with Gasteiger partial charge in [-0.2, -0.15) is 0 Å². The van der Waals surface area contributed by atoms with Crippen LogP contribution in [0.4, 0.5) is 11.6 Å². The number of hydrogen-bond acceptors (Lipinski definition) is 5. The second-order valence-electron chi connectivity index (χ2n) is 6.06. The van der Waals surface area contributed by atoms with E-state index in [9.17, 15) is 10.1 Å². The summed E-state index contributed by atoms with van der Waals surface area (Å²) in [5.41, 5.74) is 1.24. The van der Waals surface area contributed by atoms with Gasteiger partial charge in [0.05, 0.1) is 0 Å². The fourth-order valence-corrected chi connectivity index (χ4v) is 3.22. The molecule has 1 aliphatic heterocycles. The summed E-state index contributed by atoms with van der Waals surface area (Å²) in [6.07, 6.45) is 2.37. The second-order valence-corrected chi connectivity index (χ2v) is 6.06. The lowest BCUT2D eigenvalue weighted by molar-refractivity contribution is -0.388. The molecule has 2 aromatic rings. The van der Waals surface area contributed by atoms with Crippen molar-refractivity contribution in [1.29, 1.82) is 0 Å². The van der Waals surface area contributed by atoms with Crippen LogP contribution in [0, 0.1) is 10.1 Å². The van der Waals surface area contributed by atoms with E-state index in [0.29, 0.717) is 5.82 Å². The molecule has 1 fully saturated rings. The van der Waals surface area contributed by atoms with Crippen molar-refractivity contribution in [2.45, 2.75) is 12.5 Å². The van der Waals surface area contributed by atoms with E-state index in [2.05, 4.69) is 34.0 Å². The quantitative estimate of drug-likeness (QED) is 0.634. The van der Waals surface area contributed by atoms with Crippen LogP contribution in [-0.4, -0.2) is 52.1 Å². The van der Waals surface area contributed by atoms with Gasteiger partial charge >= 0.3 is 5.82 Å². The van der Waals surface area contributed by atoms with Crippen molar-refractivity contribution < 1.29 is 4.92 Å². The summed E-state index contributed by atoms with van der Waals surface area (Å²) in [6, 6.07) is 10.4. The van der Waals surface area contributed by atoms with Crippen LogP contribution in [-0.2, 0) is 13.5 Å². The molecule has 122 valence electrons. The molecule has 0 amide bonds. The van der Waals surface area contributed by atoms with Crippen molar-refractivity contribution >= 4 is 11.6 Å². The zero-order chi connectivity index (χ0) is 16.4. The molecule has 2 heterocycles. The van der Waals surface area contributed by atoms with Crippen LogP contribution in [0.25, 0.3) is 0 Å². The molecule has 0 spiro atoms. The van der Waals surface area contributed by atoms with Crippen LogP contribution in [0.2, 0.25) is 0 Å². The van der Waals surface area contributed by atoms with Gasteiger partial charge in [0, 0.05) is 32.7 Å². The van der Waals surface area contributed by atoms with Crippen LogP contribution in [0.15, 0.2) is 36.7 Å². The summed E-state index contributed by atoms with van der Waals surface area (Å²) >= 11 is 0. The predicted molar refractivity (Wildman–Crippen MR) is 88.6 cm³/mol. The third kappa shape index (κ3) is 3.19. The van der Waals surface area contributed by atoms with Crippen LogP contribution in [0.5, 0.6) is 0 Å². The van der Waals surface area contributed by atoms with Crippen LogP contribution >= 0.6 is 0 Å². The first-order chi connectivity index (χ1) is 11.1. The topological polar surface area (TPSA) is 67.4 Å². The van der Waals surface area contributed by atoms with Gasteiger partial charge in [0.25, 0.3) is 0 Å². The van der Waals surface area contributed by atoms with Gasteiger partial charge < -0.3 is 19.9 Å². The lowest BCUT2D eigenvalue weighted by atomic mass is 10.0. The minimum atomic E-state index is -0.396. The molecular weight excluding hydrogens is 294 g/mol. The molecule has 0 saturated carbocycles. The summed E-state index contributed by atoms with van der Waals surface area (Å²) in [6.45, 7) is 2.51. The Balaban J connectivity index is 1.92. The lowest BCUT2D eigenvalue weighted by Gasteiger charge is -2.40. The fourth-order valence-electron chi connectivity index (χ4n) is 3.22.